The fraction of sp³-hybridized carbons (Fsp3) is 0.857. The lowest BCUT2D eigenvalue weighted by molar-refractivity contribution is -0.139. The van der Waals surface area contributed by atoms with Crippen molar-refractivity contribution in [2.75, 3.05) is 6.61 Å². The number of rotatable bonds is 15. The minimum Gasteiger partial charge on any atom is -0.462 e. The van der Waals surface area contributed by atoms with Gasteiger partial charge in [-0.3, -0.25) is 0 Å². The van der Waals surface area contributed by atoms with E-state index < -0.39 is 0 Å². The molecule has 1 atom stereocenters. The first-order valence-electron chi connectivity index (χ1n) is 10.1. The predicted octanol–water partition coefficient (Wildman–Crippen LogP) is 6.44. The summed E-state index contributed by atoms with van der Waals surface area (Å²) in [5.74, 6) is 0.973. The lowest BCUT2D eigenvalue weighted by Crippen LogP contribution is -2.10. The summed E-state index contributed by atoms with van der Waals surface area (Å²) >= 11 is 0. The van der Waals surface area contributed by atoms with E-state index in [1.165, 1.54) is 83.5 Å². The number of allylic oxidation sites excluding steroid dienone is 1. The molecule has 23 heavy (non-hydrogen) atoms. The van der Waals surface area contributed by atoms with Gasteiger partial charge in [-0.15, -0.1) is 0 Å². The molecule has 0 spiro atoms. The Morgan fingerprint density at radius 3 is 2.13 bits per heavy atom. The lowest BCUT2D eigenvalue weighted by atomic mass is 10.0. The Morgan fingerprint density at radius 1 is 1.00 bits per heavy atom. The Hall–Kier alpha value is -0.790. The van der Waals surface area contributed by atoms with Crippen molar-refractivity contribution in [2.24, 2.45) is 11.8 Å². The average Bonchev–Trinajstić information content (AvgIpc) is 3.37. The SMILES string of the molecule is CCCCCCCCCCCCC(C)COC(=O)/C=C/C1CC1. The van der Waals surface area contributed by atoms with Crippen LogP contribution in [0.2, 0.25) is 0 Å². The van der Waals surface area contributed by atoms with Gasteiger partial charge >= 0.3 is 5.97 Å². The first-order valence-corrected chi connectivity index (χ1v) is 10.1. The molecule has 0 aromatic carbocycles. The van der Waals surface area contributed by atoms with Crippen LogP contribution in [0.3, 0.4) is 0 Å². The van der Waals surface area contributed by atoms with Gasteiger partial charge in [-0.2, -0.15) is 0 Å². The Kier molecular flexibility index (Phi) is 12.0. The van der Waals surface area contributed by atoms with Crippen molar-refractivity contribution in [2.45, 2.75) is 97.3 Å². The molecule has 1 saturated carbocycles. The van der Waals surface area contributed by atoms with E-state index >= 15 is 0 Å². The second-order valence-corrected chi connectivity index (χ2v) is 7.40. The Morgan fingerprint density at radius 2 is 1.57 bits per heavy atom. The topological polar surface area (TPSA) is 26.3 Å². The summed E-state index contributed by atoms with van der Waals surface area (Å²) in [6, 6.07) is 0. The van der Waals surface area contributed by atoms with Crippen LogP contribution in [0.15, 0.2) is 12.2 Å². The van der Waals surface area contributed by atoms with Crippen molar-refractivity contribution in [3.63, 3.8) is 0 Å². The zero-order valence-corrected chi connectivity index (χ0v) is 15.5. The molecule has 1 aliphatic rings. The molecular formula is C21H38O2. The van der Waals surface area contributed by atoms with E-state index in [0.717, 1.165) is 0 Å². The summed E-state index contributed by atoms with van der Waals surface area (Å²) in [6.45, 7) is 5.03. The van der Waals surface area contributed by atoms with Crippen LogP contribution in [-0.4, -0.2) is 12.6 Å². The number of hydrogen-bond acceptors (Lipinski definition) is 2. The van der Waals surface area contributed by atoms with Gasteiger partial charge in [0.15, 0.2) is 0 Å². The van der Waals surface area contributed by atoms with Gasteiger partial charge in [-0.1, -0.05) is 84.1 Å². The number of hydrogen-bond donors (Lipinski definition) is 0. The molecule has 0 aliphatic heterocycles. The maximum absolute atomic E-state index is 11.5. The maximum Gasteiger partial charge on any atom is 0.330 e. The number of carbonyl (C=O) groups excluding carboxylic acids is 1. The Balaban J connectivity index is 1.82. The lowest BCUT2D eigenvalue weighted by Gasteiger charge is -2.11. The number of esters is 1. The molecule has 0 saturated heterocycles. The molecule has 0 bridgehead atoms. The van der Waals surface area contributed by atoms with Crippen molar-refractivity contribution in [3.05, 3.63) is 12.2 Å². The summed E-state index contributed by atoms with van der Waals surface area (Å²) in [5.41, 5.74) is 0. The van der Waals surface area contributed by atoms with Crippen LogP contribution in [-0.2, 0) is 9.53 Å². The molecule has 2 heteroatoms. The zero-order chi connectivity index (χ0) is 16.8. The van der Waals surface area contributed by atoms with Gasteiger partial charge in [-0.25, -0.2) is 4.79 Å². The van der Waals surface area contributed by atoms with Crippen molar-refractivity contribution in [3.8, 4) is 0 Å². The molecule has 1 unspecified atom stereocenters. The van der Waals surface area contributed by atoms with Crippen LogP contribution in [0.25, 0.3) is 0 Å². The molecule has 1 aliphatic carbocycles. The average molecular weight is 323 g/mol. The quantitative estimate of drug-likeness (QED) is 0.197. The van der Waals surface area contributed by atoms with Gasteiger partial charge in [0, 0.05) is 6.08 Å². The van der Waals surface area contributed by atoms with Crippen LogP contribution in [0.1, 0.15) is 97.3 Å². The normalized spacial score (nSPS) is 15.9. The second-order valence-electron chi connectivity index (χ2n) is 7.40. The standard InChI is InChI=1S/C21H38O2/c1-3-4-5-6-7-8-9-10-11-12-13-19(2)18-23-21(22)17-16-20-14-15-20/h16-17,19-20H,3-15,18H2,1-2H3/b17-16+. The predicted molar refractivity (Wildman–Crippen MR) is 98.4 cm³/mol. The summed E-state index contributed by atoms with van der Waals surface area (Å²) in [5, 5.41) is 0. The van der Waals surface area contributed by atoms with Crippen molar-refractivity contribution >= 4 is 5.97 Å². The summed E-state index contributed by atoms with van der Waals surface area (Å²) in [7, 11) is 0. The van der Waals surface area contributed by atoms with Gasteiger partial charge in [0.25, 0.3) is 0 Å². The third-order valence-electron chi connectivity index (χ3n) is 4.69. The fourth-order valence-electron chi connectivity index (χ4n) is 2.84. The van der Waals surface area contributed by atoms with E-state index in [9.17, 15) is 4.79 Å². The molecule has 1 fully saturated rings. The van der Waals surface area contributed by atoms with E-state index in [1.54, 1.807) is 6.08 Å². The zero-order valence-electron chi connectivity index (χ0n) is 15.5. The third-order valence-corrected chi connectivity index (χ3v) is 4.69. The van der Waals surface area contributed by atoms with E-state index in [4.69, 9.17) is 4.74 Å². The van der Waals surface area contributed by atoms with Crippen molar-refractivity contribution in [1.82, 2.24) is 0 Å². The number of ether oxygens (including phenoxy) is 1. The summed E-state index contributed by atoms with van der Waals surface area (Å²) in [4.78, 5) is 11.5. The largest absolute Gasteiger partial charge is 0.462 e. The van der Waals surface area contributed by atoms with Crippen LogP contribution in [0, 0.1) is 11.8 Å². The highest BCUT2D eigenvalue weighted by Crippen LogP contribution is 2.29. The number of carbonyl (C=O) groups is 1. The van der Waals surface area contributed by atoms with E-state index in [-0.39, 0.29) is 5.97 Å². The molecule has 1 rings (SSSR count). The Labute approximate surface area is 144 Å². The monoisotopic (exact) mass is 322 g/mol. The molecular weight excluding hydrogens is 284 g/mol. The molecule has 0 aromatic heterocycles. The molecule has 0 heterocycles. The highest BCUT2D eigenvalue weighted by Gasteiger charge is 2.17. The third kappa shape index (κ3) is 13.4. The van der Waals surface area contributed by atoms with Crippen LogP contribution < -0.4 is 0 Å². The molecule has 2 nitrogen and oxygen atoms in total. The maximum atomic E-state index is 11.5. The Bertz CT molecular complexity index is 318. The first kappa shape index (κ1) is 20.3. The first-order chi connectivity index (χ1) is 11.2. The van der Waals surface area contributed by atoms with Crippen LogP contribution >= 0.6 is 0 Å². The fourth-order valence-corrected chi connectivity index (χ4v) is 2.84. The smallest absolute Gasteiger partial charge is 0.330 e. The highest BCUT2D eigenvalue weighted by atomic mass is 16.5. The van der Waals surface area contributed by atoms with Gasteiger partial charge in [0.05, 0.1) is 6.61 Å². The summed E-state index contributed by atoms with van der Waals surface area (Å²) < 4.78 is 5.30. The van der Waals surface area contributed by atoms with Gasteiger partial charge in [-0.05, 0) is 31.1 Å². The van der Waals surface area contributed by atoms with Crippen molar-refractivity contribution in [1.29, 1.82) is 0 Å². The van der Waals surface area contributed by atoms with Crippen LogP contribution in [0.4, 0.5) is 0 Å². The molecule has 0 radical (unpaired) electrons. The minimum absolute atomic E-state index is 0.160. The van der Waals surface area contributed by atoms with E-state index in [2.05, 4.69) is 13.8 Å². The van der Waals surface area contributed by atoms with E-state index in [0.29, 0.717) is 18.4 Å². The van der Waals surface area contributed by atoms with Crippen LogP contribution in [0.5, 0.6) is 0 Å². The van der Waals surface area contributed by atoms with Gasteiger partial charge in [0.1, 0.15) is 0 Å². The summed E-state index contributed by atoms with van der Waals surface area (Å²) in [6.07, 6.45) is 21.0. The minimum atomic E-state index is -0.160. The highest BCUT2D eigenvalue weighted by molar-refractivity contribution is 5.81. The molecule has 134 valence electrons. The molecule has 0 N–H and O–H groups in total. The number of unbranched alkanes of at least 4 members (excludes halogenated alkanes) is 9. The van der Waals surface area contributed by atoms with Gasteiger partial charge < -0.3 is 4.74 Å². The van der Waals surface area contributed by atoms with Gasteiger partial charge in [0.2, 0.25) is 0 Å². The molecule has 0 amide bonds. The second kappa shape index (κ2) is 13.6. The van der Waals surface area contributed by atoms with Crippen molar-refractivity contribution < 1.29 is 9.53 Å². The molecule has 0 aromatic rings. The van der Waals surface area contributed by atoms with E-state index in [1.807, 2.05) is 6.08 Å².